The van der Waals surface area contributed by atoms with E-state index in [0.29, 0.717) is 5.16 Å². The van der Waals surface area contributed by atoms with Gasteiger partial charge in [0.1, 0.15) is 12.7 Å². The number of thioether (sulfide) groups is 1. The van der Waals surface area contributed by atoms with Gasteiger partial charge in [-0.05, 0) is 42.5 Å². The first-order valence-electron chi connectivity index (χ1n) is 8.02. The van der Waals surface area contributed by atoms with Gasteiger partial charge in [-0.2, -0.15) is 18.3 Å². The van der Waals surface area contributed by atoms with Crippen LogP contribution in [0.25, 0.3) is 5.69 Å². The second-order valence-electron chi connectivity index (χ2n) is 5.91. The van der Waals surface area contributed by atoms with Crippen LogP contribution < -0.4 is 5.32 Å². The molecule has 28 heavy (non-hydrogen) atoms. The number of aromatic nitrogens is 7. The number of alkyl halides is 3. The smallest absolute Gasteiger partial charge is 0.323 e. The predicted octanol–water partition coefficient (Wildman–Crippen LogP) is 2.58. The number of amides is 1. The average molecular weight is 412 g/mol. The molecule has 13 heteroatoms. The molecule has 0 aliphatic heterocycles. The highest BCUT2D eigenvalue weighted by Crippen LogP contribution is 2.33. The molecule has 3 aromatic rings. The molecule has 0 radical (unpaired) electrons. The number of hydrogen-bond acceptors (Lipinski definition) is 7. The van der Waals surface area contributed by atoms with Gasteiger partial charge in [0.2, 0.25) is 11.1 Å². The number of carbonyl (C=O) groups is 1. The molecule has 1 amide bonds. The van der Waals surface area contributed by atoms with E-state index < -0.39 is 17.6 Å². The van der Waals surface area contributed by atoms with Crippen LogP contribution in [0.15, 0.2) is 36.0 Å². The first-order valence-corrected chi connectivity index (χ1v) is 9.01. The average Bonchev–Trinajstić information content (AvgIpc) is 3.31. The zero-order chi connectivity index (χ0) is 20.3. The Morgan fingerprint density at radius 3 is 2.75 bits per heavy atom. The van der Waals surface area contributed by atoms with Gasteiger partial charge in [-0.3, -0.25) is 4.79 Å². The molecule has 0 bridgehead atoms. The lowest BCUT2D eigenvalue weighted by Crippen LogP contribution is -2.18. The van der Waals surface area contributed by atoms with E-state index in [1.807, 2.05) is 13.8 Å². The van der Waals surface area contributed by atoms with Crippen molar-refractivity contribution in [3.63, 3.8) is 0 Å². The normalized spacial score (nSPS) is 11.8. The zero-order valence-corrected chi connectivity index (χ0v) is 15.6. The molecule has 0 unspecified atom stereocenters. The molecule has 0 fully saturated rings. The Hall–Kier alpha value is -2.96. The molecule has 0 spiro atoms. The third-order valence-corrected chi connectivity index (χ3v) is 4.48. The standard InChI is InChI=1S/C15H15F3N8OS/c1-9(2)26-14(22-23-24-26)28-6-13(27)21-11-5-10(15(16,17)18)3-4-12(11)25-8-19-7-20-25/h3-5,7-9H,6H2,1-2H3,(H,21,27). The van der Waals surface area contributed by atoms with Crippen LogP contribution >= 0.6 is 11.8 Å². The molecular weight excluding hydrogens is 397 g/mol. The summed E-state index contributed by atoms with van der Waals surface area (Å²) < 4.78 is 42.0. The Morgan fingerprint density at radius 2 is 2.11 bits per heavy atom. The predicted molar refractivity (Wildman–Crippen MR) is 93.9 cm³/mol. The summed E-state index contributed by atoms with van der Waals surface area (Å²) >= 11 is 1.08. The number of benzene rings is 1. The van der Waals surface area contributed by atoms with Gasteiger partial charge in [-0.15, -0.1) is 5.10 Å². The van der Waals surface area contributed by atoms with Gasteiger partial charge in [0.25, 0.3) is 0 Å². The number of carbonyl (C=O) groups excluding carboxylic acids is 1. The molecule has 1 N–H and O–H groups in total. The molecule has 0 aliphatic rings. The van der Waals surface area contributed by atoms with Crippen molar-refractivity contribution in [2.75, 3.05) is 11.1 Å². The molecule has 9 nitrogen and oxygen atoms in total. The third-order valence-electron chi connectivity index (χ3n) is 3.55. The molecule has 0 saturated carbocycles. The molecule has 2 heterocycles. The summed E-state index contributed by atoms with van der Waals surface area (Å²) in [5.41, 5.74) is -0.659. The molecular formula is C15H15F3N8OS. The minimum Gasteiger partial charge on any atom is -0.323 e. The summed E-state index contributed by atoms with van der Waals surface area (Å²) in [4.78, 5) is 16.1. The molecule has 2 aromatic heterocycles. The first-order chi connectivity index (χ1) is 13.3. The highest BCUT2D eigenvalue weighted by atomic mass is 32.2. The van der Waals surface area contributed by atoms with E-state index in [0.717, 1.165) is 23.9 Å². The van der Waals surface area contributed by atoms with Crippen molar-refractivity contribution in [1.82, 2.24) is 35.0 Å². The number of halogens is 3. The summed E-state index contributed by atoms with van der Waals surface area (Å²) in [5.74, 6) is -0.593. The van der Waals surface area contributed by atoms with Crippen molar-refractivity contribution in [2.45, 2.75) is 31.2 Å². The summed E-state index contributed by atoms with van der Waals surface area (Å²) in [7, 11) is 0. The van der Waals surface area contributed by atoms with Crippen LogP contribution in [0.2, 0.25) is 0 Å². The van der Waals surface area contributed by atoms with Crippen molar-refractivity contribution in [3.8, 4) is 5.69 Å². The Balaban J connectivity index is 1.79. The maximum Gasteiger partial charge on any atom is 0.416 e. The lowest BCUT2D eigenvalue weighted by Gasteiger charge is -2.14. The molecule has 0 atom stereocenters. The van der Waals surface area contributed by atoms with Gasteiger partial charge < -0.3 is 5.32 Å². The number of anilines is 1. The van der Waals surface area contributed by atoms with Crippen molar-refractivity contribution < 1.29 is 18.0 Å². The third kappa shape index (κ3) is 4.47. The fraction of sp³-hybridized carbons (Fsp3) is 0.333. The van der Waals surface area contributed by atoms with E-state index in [-0.39, 0.29) is 23.2 Å². The molecule has 1 aromatic carbocycles. The summed E-state index contributed by atoms with van der Waals surface area (Å²) in [6.07, 6.45) is -1.98. The minimum absolute atomic E-state index is 0.00273. The Morgan fingerprint density at radius 1 is 1.32 bits per heavy atom. The maximum absolute atomic E-state index is 13.1. The van der Waals surface area contributed by atoms with E-state index in [9.17, 15) is 18.0 Å². The van der Waals surface area contributed by atoms with Gasteiger partial charge in [0, 0.05) is 0 Å². The maximum atomic E-state index is 13.1. The fourth-order valence-electron chi connectivity index (χ4n) is 2.27. The SMILES string of the molecule is CC(C)n1nnnc1SCC(=O)Nc1cc(C(F)(F)F)ccc1-n1cncn1. The van der Waals surface area contributed by atoms with Crippen LogP contribution in [0.1, 0.15) is 25.5 Å². The Kier molecular flexibility index (Phi) is 5.63. The summed E-state index contributed by atoms with van der Waals surface area (Å²) in [6, 6.07) is 3.00. The highest BCUT2D eigenvalue weighted by Gasteiger charge is 2.31. The van der Waals surface area contributed by atoms with Crippen molar-refractivity contribution in [2.24, 2.45) is 0 Å². The Labute approximate surface area is 161 Å². The topological polar surface area (TPSA) is 103 Å². The van der Waals surface area contributed by atoms with Crippen LogP contribution in [-0.4, -0.2) is 46.6 Å². The summed E-state index contributed by atoms with van der Waals surface area (Å²) in [6.45, 7) is 3.76. The monoisotopic (exact) mass is 412 g/mol. The van der Waals surface area contributed by atoms with Gasteiger partial charge in [-0.25, -0.2) is 14.3 Å². The minimum atomic E-state index is -4.55. The van der Waals surface area contributed by atoms with Crippen molar-refractivity contribution in [1.29, 1.82) is 0 Å². The van der Waals surface area contributed by atoms with Crippen LogP contribution in [0.5, 0.6) is 0 Å². The van der Waals surface area contributed by atoms with E-state index in [1.165, 1.54) is 23.4 Å². The second kappa shape index (κ2) is 7.96. The quantitative estimate of drug-likeness (QED) is 0.621. The van der Waals surface area contributed by atoms with Crippen LogP contribution in [0.4, 0.5) is 18.9 Å². The second-order valence-corrected chi connectivity index (χ2v) is 6.85. The number of nitrogens with zero attached hydrogens (tertiary/aromatic N) is 7. The fourth-order valence-corrected chi connectivity index (χ4v) is 3.07. The Bertz CT molecular complexity index is 955. The van der Waals surface area contributed by atoms with Gasteiger partial charge in [0.05, 0.1) is 28.7 Å². The van der Waals surface area contributed by atoms with Crippen molar-refractivity contribution in [3.05, 3.63) is 36.4 Å². The first kappa shape index (κ1) is 19.8. The largest absolute Gasteiger partial charge is 0.416 e. The zero-order valence-electron chi connectivity index (χ0n) is 14.8. The van der Waals surface area contributed by atoms with Gasteiger partial charge in [-0.1, -0.05) is 11.8 Å². The van der Waals surface area contributed by atoms with E-state index in [2.05, 4.69) is 30.9 Å². The van der Waals surface area contributed by atoms with E-state index in [4.69, 9.17) is 0 Å². The van der Waals surface area contributed by atoms with Crippen LogP contribution in [0.3, 0.4) is 0 Å². The van der Waals surface area contributed by atoms with Crippen LogP contribution in [-0.2, 0) is 11.0 Å². The molecule has 148 valence electrons. The lowest BCUT2D eigenvalue weighted by molar-refractivity contribution is -0.137. The molecule has 0 saturated heterocycles. The highest BCUT2D eigenvalue weighted by molar-refractivity contribution is 7.99. The number of nitrogens with one attached hydrogen (secondary N) is 1. The van der Waals surface area contributed by atoms with Crippen molar-refractivity contribution >= 4 is 23.4 Å². The number of rotatable bonds is 6. The number of tetrazole rings is 1. The molecule has 0 aliphatic carbocycles. The van der Waals surface area contributed by atoms with Gasteiger partial charge >= 0.3 is 6.18 Å². The molecule has 3 rings (SSSR count). The van der Waals surface area contributed by atoms with E-state index >= 15 is 0 Å². The number of hydrogen-bond donors (Lipinski definition) is 1. The lowest BCUT2D eigenvalue weighted by atomic mass is 10.1. The van der Waals surface area contributed by atoms with E-state index in [1.54, 1.807) is 4.68 Å². The van der Waals surface area contributed by atoms with Gasteiger partial charge in [0.15, 0.2) is 0 Å². The van der Waals surface area contributed by atoms with Crippen LogP contribution in [0, 0.1) is 0 Å². The summed E-state index contributed by atoms with van der Waals surface area (Å²) in [5, 5.41) is 18.1.